The molecule has 1 heterocycles. The third kappa shape index (κ3) is 4.01. The molecule has 2 rings (SSSR count). The largest absolute Gasteiger partial charge is 0.392 e. The minimum atomic E-state index is -0.528. The number of hydrogen-bond donors (Lipinski definition) is 1. The van der Waals surface area contributed by atoms with Crippen LogP contribution in [-0.2, 0) is 26.3 Å². The molecule has 0 saturated heterocycles. The molecule has 0 aliphatic carbocycles. The molecule has 1 aromatic heterocycles. The fourth-order valence-electron chi connectivity index (χ4n) is 2.28. The average Bonchev–Trinajstić information content (AvgIpc) is 2.69. The Labute approximate surface area is 143 Å². The third-order valence-corrected chi connectivity index (χ3v) is 4.90. The zero-order valence-electron chi connectivity index (χ0n) is 11.9. The van der Waals surface area contributed by atoms with Gasteiger partial charge in [0, 0.05) is 29.9 Å². The van der Waals surface area contributed by atoms with E-state index in [1.165, 1.54) is 0 Å². The number of rotatable bonds is 5. The lowest BCUT2D eigenvalue weighted by molar-refractivity contribution is 0.172. The summed E-state index contributed by atoms with van der Waals surface area (Å²) in [5, 5.41) is 15.9. The number of aliphatic hydroxyl groups excluding tert-OH is 1. The van der Waals surface area contributed by atoms with Crippen LogP contribution in [0.2, 0.25) is 10.0 Å². The van der Waals surface area contributed by atoms with Crippen molar-refractivity contribution < 1.29 is 5.11 Å². The van der Waals surface area contributed by atoms with Crippen LogP contribution < -0.4 is 0 Å². The van der Waals surface area contributed by atoms with Crippen molar-refractivity contribution in [2.75, 3.05) is 0 Å². The van der Waals surface area contributed by atoms with E-state index in [1.54, 1.807) is 12.1 Å². The normalized spacial score (nSPS) is 12.7. The van der Waals surface area contributed by atoms with Crippen LogP contribution in [0.4, 0.5) is 0 Å². The molecule has 0 amide bonds. The molecule has 2 aromatic rings. The van der Waals surface area contributed by atoms with Gasteiger partial charge in [0.15, 0.2) is 0 Å². The second-order valence-electron chi connectivity index (χ2n) is 4.98. The molecule has 1 atom stereocenters. The highest BCUT2D eigenvalue weighted by molar-refractivity contribution is 9.10. The predicted octanol–water partition coefficient (Wildman–Crippen LogP) is 4.20. The van der Waals surface area contributed by atoms with E-state index in [4.69, 9.17) is 23.2 Å². The molecule has 1 unspecified atom stereocenters. The van der Waals surface area contributed by atoms with Crippen LogP contribution in [0.15, 0.2) is 22.7 Å². The summed E-state index contributed by atoms with van der Waals surface area (Å²) >= 11 is 15.6. The summed E-state index contributed by atoms with van der Waals surface area (Å²) in [5.41, 5.74) is 2.89. The summed E-state index contributed by atoms with van der Waals surface area (Å²) in [6.07, 6.45) is 1.33. The van der Waals surface area contributed by atoms with Gasteiger partial charge in [-0.15, -0.1) is 0 Å². The highest BCUT2D eigenvalue weighted by Gasteiger charge is 2.17. The lowest BCUT2D eigenvalue weighted by Gasteiger charge is -2.12. The van der Waals surface area contributed by atoms with E-state index in [9.17, 15) is 5.11 Å². The van der Waals surface area contributed by atoms with Gasteiger partial charge in [-0.1, -0.05) is 36.2 Å². The van der Waals surface area contributed by atoms with Crippen molar-refractivity contribution in [3.05, 3.63) is 49.7 Å². The highest BCUT2D eigenvalue weighted by Crippen LogP contribution is 2.25. The van der Waals surface area contributed by atoms with Gasteiger partial charge in [-0.2, -0.15) is 5.10 Å². The molecule has 0 fully saturated rings. The second-order valence-corrected chi connectivity index (χ2v) is 6.62. The van der Waals surface area contributed by atoms with Crippen LogP contribution in [0.3, 0.4) is 0 Å². The highest BCUT2D eigenvalue weighted by atomic mass is 79.9. The predicted molar refractivity (Wildman–Crippen MR) is 90.2 cm³/mol. The maximum Gasteiger partial charge on any atom is 0.0766 e. The fourth-order valence-corrected chi connectivity index (χ4v) is 3.54. The van der Waals surface area contributed by atoms with Crippen LogP contribution in [0, 0.1) is 0 Å². The molecule has 1 aromatic carbocycles. The van der Waals surface area contributed by atoms with Gasteiger partial charge in [0.2, 0.25) is 0 Å². The topological polar surface area (TPSA) is 38.0 Å². The summed E-state index contributed by atoms with van der Waals surface area (Å²) in [6.45, 7) is 2.06. The monoisotopic (exact) mass is 390 g/mol. The van der Waals surface area contributed by atoms with Crippen LogP contribution in [0.5, 0.6) is 0 Å². The Morgan fingerprint density at radius 2 is 2.05 bits per heavy atom. The molecule has 0 bridgehead atoms. The van der Waals surface area contributed by atoms with Gasteiger partial charge >= 0.3 is 0 Å². The molecule has 114 valence electrons. The fraction of sp³-hybridized carbons (Fsp3) is 0.400. The summed E-state index contributed by atoms with van der Waals surface area (Å²) in [5.74, 6) is 0. The molecule has 0 radical (unpaired) electrons. The first kappa shape index (κ1) is 16.8. The Bertz CT molecular complexity index is 643. The van der Waals surface area contributed by atoms with Crippen molar-refractivity contribution in [1.29, 1.82) is 0 Å². The van der Waals surface area contributed by atoms with E-state index in [-0.39, 0.29) is 0 Å². The number of nitrogens with zero attached hydrogens (tertiary/aromatic N) is 2. The van der Waals surface area contributed by atoms with E-state index in [1.807, 2.05) is 17.8 Å². The van der Waals surface area contributed by atoms with Crippen molar-refractivity contribution in [2.45, 2.75) is 32.3 Å². The zero-order valence-corrected chi connectivity index (χ0v) is 15.0. The Morgan fingerprint density at radius 1 is 1.33 bits per heavy atom. The van der Waals surface area contributed by atoms with Crippen molar-refractivity contribution in [2.24, 2.45) is 7.05 Å². The Balaban J connectivity index is 2.11. The molecule has 0 aliphatic rings. The number of aliphatic hydroxyl groups is 1. The number of aryl methyl sites for hydroxylation is 2. The first-order valence-corrected chi connectivity index (χ1v) is 8.29. The van der Waals surface area contributed by atoms with Crippen LogP contribution in [0.1, 0.15) is 23.9 Å². The molecular weight excluding hydrogens is 375 g/mol. The van der Waals surface area contributed by atoms with Gasteiger partial charge in [0.05, 0.1) is 22.0 Å². The standard InChI is InChI=1S/C15H17BrCl2N2O/c1-3-13-15(16)14(20(2)19-13)8-11(21)6-9-4-5-10(17)7-12(9)18/h4-5,7,11,21H,3,6,8H2,1-2H3. The lowest BCUT2D eigenvalue weighted by atomic mass is 10.0. The average molecular weight is 392 g/mol. The van der Waals surface area contributed by atoms with E-state index < -0.39 is 6.10 Å². The minimum absolute atomic E-state index is 0.481. The molecule has 21 heavy (non-hydrogen) atoms. The summed E-state index contributed by atoms with van der Waals surface area (Å²) in [7, 11) is 1.89. The second kappa shape index (κ2) is 7.14. The molecule has 0 spiro atoms. The van der Waals surface area contributed by atoms with Gasteiger partial charge in [0.1, 0.15) is 0 Å². The quantitative estimate of drug-likeness (QED) is 0.829. The first-order chi connectivity index (χ1) is 9.92. The molecule has 0 saturated carbocycles. The maximum absolute atomic E-state index is 10.3. The van der Waals surface area contributed by atoms with Crippen molar-refractivity contribution in [1.82, 2.24) is 9.78 Å². The van der Waals surface area contributed by atoms with E-state index >= 15 is 0 Å². The number of halogens is 3. The lowest BCUT2D eigenvalue weighted by Crippen LogP contribution is -2.16. The van der Waals surface area contributed by atoms with E-state index in [0.29, 0.717) is 22.9 Å². The minimum Gasteiger partial charge on any atom is -0.392 e. The molecule has 0 aliphatic heterocycles. The summed E-state index contributed by atoms with van der Waals surface area (Å²) < 4.78 is 2.80. The van der Waals surface area contributed by atoms with Gasteiger partial charge in [0.25, 0.3) is 0 Å². The Hall–Kier alpha value is -0.550. The van der Waals surface area contributed by atoms with Crippen molar-refractivity contribution in [3.63, 3.8) is 0 Å². The van der Waals surface area contributed by atoms with E-state index in [0.717, 1.165) is 27.8 Å². The van der Waals surface area contributed by atoms with Crippen LogP contribution in [0.25, 0.3) is 0 Å². The van der Waals surface area contributed by atoms with Crippen LogP contribution >= 0.6 is 39.1 Å². The smallest absolute Gasteiger partial charge is 0.0766 e. The number of benzene rings is 1. The maximum atomic E-state index is 10.3. The van der Waals surface area contributed by atoms with Gasteiger partial charge in [-0.05, 0) is 40.0 Å². The zero-order chi connectivity index (χ0) is 15.6. The summed E-state index contributed by atoms with van der Waals surface area (Å²) in [4.78, 5) is 0. The van der Waals surface area contributed by atoms with Gasteiger partial charge in [-0.25, -0.2) is 0 Å². The van der Waals surface area contributed by atoms with Crippen molar-refractivity contribution in [3.8, 4) is 0 Å². The number of aromatic nitrogens is 2. The SMILES string of the molecule is CCc1nn(C)c(CC(O)Cc2ccc(Cl)cc2Cl)c1Br. The Morgan fingerprint density at radius 3 is 2.62 bits per heavy atom. The molecule has 1 N–H and O–H groups in total. The third-order valence-electron chi connectivity index (χ3n) is 3.40. The van der Waals surface area contributed by atoms with Crippen LogP contribution in [-0.4, -0.2) is 21.0 Å². The van der Waals surface area contributed by atoms with Gasteiger partial charge < -0.3 is 5.11 Å². The molecule has 3 nitrogen and oxygen atoms in total. The van der Waals surface area contributed by atoms with E-state index in [2.05, 4.69) is 28.0 Å². The molecular formula is C15H17BrCl2N2O. The van der Waals surface area contributed by atoms with Gasteiger partial charge in [-0.3, -0.25) is 4.68 Å². The number of hydrogen-bond acceptors (Lipinski definition) is 2. The van der Waals surface area contributed by atoms with Crippen molar-refractivity contribution >= 4 is 39.1 Å². The summed E-state index contributed by atoms with van der Waals surface area (Å²) in [6, 6.07) is 5.33. The Kier molecular flexibility index (Phi) is 5.72. The first-order valence-electron chi connectivity index (χ1n) is 6.74. The molecule has 6 heteroatoms.